The molecule has 0 unspecified atom stereocenters. The summed E-state index contributed by atoms with van der Waals surface area (Å²) in [4.78, 5) is 12.3. The molecule has 30 heavy (non-hydrogen) atoms. The Morgan fingerprint density at radius 1 is 1.13 bits per heavy atom. The zero-order chi connectivity index (χ0) is 21.7. The van der Waals surface area contributed by atoms with Gasteiger partial charge in [-0.05, 0) is 43.3 Å². The van der Waals surface area contributed by atoms with Crippen molar-refractivity contribution >= 4 is 17.5 Å². The number of para-hydroxylation sites is 1. The Labute approximate surface area is 170 Å². The summed E-state index contributed by atoms with van der Waals surface area (Å²) in [5.74, 6) is 0.507. The number of carbonyl (C=O) groups is 1. The molecule has 1 amide bonds. The molecule has 3 rings (SSSR count). The van der Waals surface area contributed by atoms with E-state index in [1.54, 1.807) is 31.2 Å². The molecule has 0 aliphatic carbocycles. The molecule has 2 aromatic carbocycles. The van der Waals surface area contributed by atoms with Crippen molar-refractivity contribution in [3.05, 3.63) is 60.0 Å². The molecule has 0 fully saturated rings. The fraction of sp³-hybridized carbons (Fsp3) is 0.250. The smallest absolute Gasteiger partial charge is 0.416 e. The first-order valence-electron chi connectivity index (χ1n) is 9.12. The molecule has 0 aliphatic heterocycles. The van der Waals surface area contributed by atoms with Crippen LogP contribution in [0.25, 0.3) is 11.5 Å². The number of benzene rings is 2. The third kappa shape index (κ3) is 5.07. The Balaban J connectivity index is 1.76. The van der Waals surface area contributed by atoms with Gasteiger partial charge in [-0.2, -0.15) is 13.2 Å². The zero-order valence-corrected chi connectivity index (χ0v) is 16.0. The van der Waals surface area contributed by atoms with Gasteiger partial charge >= 0.3 is 12.3 Å². The summed E-state index contributed by atoms with van der Waals surface area (Å²) in [6.45, 7) is 2.30. The number of carboxylic acid groups (broad SMARTS) is 1. The third-order valence-corrected chi connectivity index (χ3v) is 4.36. The summed E-state index contributed by atoms with van der Waals surface area (Å²) < 4.78 is 43.8. The lowest BCUT2D eigenvalue weighted by Crippen LogP contribution is -2.31. The minimum Gasteiger partial charge on any atom is -0.465 e. The second-order valence-electron chi connectivity index (χ2n) is 6.36. The lowest BCUT2D eigenvalue weighted by atomic mass is 10.1. The molecule has 158 valence electrons. The van der Waals surface area contributed by atoms with Crippen molar-refractivity contribution in [2.24, 2.45) is 0 Å². The number of hydrogen-bond acceptors (Lipinski definition) is 5. The highest BCUT2D eigenvalue weighted by Crippen LogP contribution is 2.32. The van der Waals surface area contributed by atoms with Crippen molar-refractivity contribution in [3.63, 3.8) is 0 Å². The molecule has 0 radical (unpaired) electrons. The van der Waals surface area contributed by atoms with Crippen LogP contribution >= 0.6 is 0 Å². The van der Waals surface area contributed by atoms with Gasteiger partial charge in [0, 0.05) is 25.2 Å². The van der Waals surface area contributed by atoms with E-state index in [-0.39, 0.29) is 24.7 Å². The average Bonchev–Trinajstić information content (AvgIpc) is 3.17. The van der Waals surface area contributed by atoms with Crippen molar-refractivity contribution in [3.8, 4) is 11.5 Å². The van der Waals surface area contributed by atoms with Crippen LogP contribution in [0.1, 0.15) is 18.4 Å². The standard InChI is InChI=1S/C20H19F3N4O3/c1-2-27(19(28)29)12-11-17-25-26-18(30-17)15-5-3-4-6-16(15)24-14-9-7-13(8-10-14)20(21,22)23/h3-10,24H,2,11-12H2,1H3,(H,28,29). The van der Waals surface area contributed by atoms with Crippen molar-refractivity contribution in [2.75, 3.05) is 18.4 Å². The molecule has 3 aromatic rings. The predicted molar refractivity (Wildman–Crippen MR) is 103 cm³/mol. The average molecular weight is 420 g/mol. The van der Waals surface area contributed by atoms with Gasteiger partial charge < -0.3 is 19.7 Å². The SMILES string of the molecule is CCN(CCc1nnc(-c2ccccc2Nc2ccc(C(F)(F)F)cc2)o1)C(=O)O. The molecule has 1 heterocycles. The molecule has 0 spiro atoms. The summed E-state index contributed by atoms with van der Waals surface area (Å²) in [7, 11) is 0. The number of anilines is 2. The largest absolute Gasteiger partial charge is 0.465 e. The molecule has 10 heteroatoms. The lowest BCUT2D eigenvalue weighted by molar-refractivity contribution is -0.137. The second kappa shape index (κ2) is 8.85. The molecule has 0 saturated heterocycles. The molecule has 1 aromatic heterocycles. The van der Waals surface area contributed by atoms with E-state index in [4.69, 9.17) is 9.52 Å². The summed E-state index contributed by atoms with van der Waals surface area (Å²) in [6.07, 6.45) is -5.16. The molecular formula is C20H19F3N4O3. The number of nitrogens with zero attached hydrogens (tertiary/aromatic N) is 3. The number of amides is 1. The summed E-state index contributed by atoms with van der Waals surface area (Å²) in [5, 5.41) is 20.1. The van der Waals surface area contributed by atoms with Crippen LogP contribution in [-0.2, 0) is 12.6 Å². The van der Waals surface area contributed by atoms with Gasteiger partial charge in [0.2, 0.25) is 11.8 Å². The van der Waals surface area contributed by atoms with Crippen molar-refractivity contribution in [1.29, 1.82) is 0 Å². The van der Waals surface area contributed by atoms with Gasteiger partial charge in [-0.1, -0.05) is 12.1 Å². The van der Waals surface area contributed by atoms with Crippen LogP contribution in [0.5, 0.6) is 0 Å². The van der Waals surface area contributed by atoms with E-state index in [0.29, 0.717) is 23.5 Å². The van der Waals surface area contributed by atoms with Crippen LogP contribution in [-0.4, -0.2) is 39.4 Å². The van der Waals surface area contributed by atoms with Gasteiger partial charge in [0.25, 0.3) is 0 Å². The van der Waals surface area contributed by atoms with Gasteiger partial charge in [0.1, 0.15) is 0 Å². The van der Waals surface area contributed by atoms with Crippen LogP contribution < -0.4 is 5.32 Å². The van der Waals surface area contributed by atoms with Gasteiger partial charge in [-0.15, -0.1) is 10.2 Å². The van der Waals surface area contributed by atoms with Crippen LogP contribution in [0.4, 0.5) is 29.3 Å². The molecule has 7 nitrogen and oxygen atoms in total. The number of halogens is 3. The fourth-order valence-electron chi connectivity index (χ4n) is 2.76. The van der Waals surface area contributed by atoms with E-state index >= 15 is 0 Å². The maximum absolute atomic E-state index is 12.7. The maximum atomic E-state index is 12.7. The van der Waals surface area contributed by atoms with E-state index in [2.05, 4.69) is 15.5 Å². The highest BCUT2D eigenvalue weighted by Gasteiger charge is 2.30. The summed E-state index contributed by atoms with van der Waals surface area (Å²) in [6, 6.07) is 11.7. The first-order chi connectivity index (χ1) is 14.3. The van der Waals surface area contributed by atoms with Crippen LogP contribution in [0.2, 0.25) is 0 Å². The third-order valence-electron chi connectivity index (χ3n) is 4.36. The number of aromatic nitrogens is 2. The predicted octanol–water partition coefficient (Wildman–Crippen LogP) is 5.04. The first kappa shape index (κ1) is 21.2. The Kier molecular flexibility index (Phi) is 6.24. The molecular weight excluding hydrogens is 401 g/mol. The Hall–Kier alpha value is -3.56. The van der Waals surface area contributed by atoms with Crippen LogP contribution in [0.3, 0.4) is 0 Å². The van der Waals surface area contributed by atoms with Gasteiger partial charge in [-0.25, -0.2) is 4.79 Å². The van der Waals surface area contributed by atoms with Gasteiger partial charge in [0.05, 0.1) is 16.8 Å². The van der Waals surface area contributed by atoms with Crippen molar-refractivity contribution < 1.29 is 27.5 Å². The second-order valence-corrected chi connectivity index (χ2v) is 6.36. The number of likely N-dealkylation sites (N-methyl/N-ethyl adjacent to an activating group) is 1. The number of rotatable bonds is 7. The number of alkyl halides is 3. The van der Waals surface area contributed by atoms with Crippen molar-refractivity contribution in [1.82, 2.24) is 15.1 Å². The molecule has 0 atom stereocenters. The maximum Gasteiger partial charge on any atom is 0.416 e. The fourth-order valence-corrected chi connectivity index (χ4v) is 2.76. The van der Waals surface area contributed by atoms with E-state index < -0.39 is 17.8 Å². The highest BCUT2D eigenvalue weighted by atomic mass is 19.4. The van der Waals surface area contributed by atoms with E-state index in [1.165, 1.54) is 17.0 Å². The summed E-state index contributed by atoms with van der Waals surface area (Å²) in [5.41, 5.74) is 0.885. The molecule has 0 aliphatic rings. The zero-order valence-electron chi connectivity index (χ0n) is 16.0. The summed E-state index contributed by atoms with van der Waals surface area (Å²) >= 11 is 0. The van der Waals surface area contributed by atoms with E-state index in [1.807, 2.05) is 0 Å². The van der Waals surface area contributed by atoms with Gasteiger partial charge in [0.15, 0.2) is 0 Å². The molecule has 2 N–H and O–H groups in total. The van der Waals surface area contributed by atoms with Gasteiger partial charge in [-0.3, -0.25) is 0 Å². The normalized spacial score (nSPS) is 11.3. The lowest BCUT2D eigenvalue weighted by Gasteiger charge is -2.14. The highest BCUT2D eigenvalue weighted by molar-refractivity contribution is 5.76. The minimum absolute atomic E-state index is 0.221. The Morgan fingerprint density at radius 2 is 1.83 bits per heavy atom. The van der Waals surface area contributed by atoms with Crippen molar-refractivity contribution in [2.45, 2.75) is 19.5 Å². The topological polar surface area (TPSA) is 91.5 Å². The first-order valence-corrected chi connectivity index (χ1v) is 9.12. The molecule has 0 bridgehead atoms. The minimum atomic E-state index is -4.40. The Bertz CT molecular complexity index is 1000. The molecule has 0 saturated carbocycles. The number of nitrogens with one attached hydrogen (secondary N) is 1. The monoisotopic (exact) mass is 420 g/mol. The van der Waals surface area contributed by atoms with Crippen LogP contribution in [0.15, 0.2) is 52.9 Å². The van der Waals surface area contributed by atoms with Crippen LogP contribution in [0, 0.1) is 0 Å². The Morgan fingerprint density at radius 3 is 2.47 bits per heavy atom. The van der Waals surface area contributed by atoms with E-state index in [0.717, 1.165) is 12.1 Å². The quantitative estimate of drug-likeness (QED) is 0.556. The van der Waals surface area contributed by atoms with E-state index in [9.17, 15) is 18.0 Å². The number of hydrogen-bond donors (Lipinski definition) is 2.